The van der Waals surface area contributed by atoms with Crippen molar-refractivity contribution < 1.29 is 4.79 Å². The van der Waals surface area contributed by atoms with Crippen LogP contribution in [0.15, 0.2) is 54.9 Å². The average molecular weight is 375 g/mol. The van der Waals surface area contributed by atoms with Gasteiger partial charge in [0.15, 0.2) is 0 Å². The SMILES string of the molecule is Cc1cccc(C[C@H](C)NC(=O)c2cccc(-c3cc(N(C)C)ncn3)c2)n1. The third-order valence-electron chi connectivity index (χ3n) is 4.37. The van der Waals surface area contributed by atoms with Crippen LogP contribution in [0.5, 0.6) is 0 Å². The summed E-state index contributed by atoms with van der Waals surface area (Å²) in [4.78, 5) is 27.7. The molecule has 0 saturated heterocycles. The van der Waals surface area contributed by atoms with E-state index >= 15 is 0 Å². The molecule has 6 heteroatoms. The summed E-state index contributed by atoms with van der Waals surface area (Å²) in [7, 11) is 3.86. The van der Waals surface area contributed by atoms with Crippen LogP contribution in [0, 0.1) is 6.92 Å². The number of nitrogens with one attached hydrogen (secondary N) is 1. The fraction of sp³-hybridized carbons (Fsp3) is 0.273. The van der Waals surface area contributed by atoms with Crippen LogP contribution < -0.4 is 10.2 Å². The number of hydrogen-bond donors (Lipinski definition) is 1. The second kappa shape index (κ2) is 8.61. The van der Waals surface area contributed by atoms with Crippen molar-refractivity contribution in [1.82, 2.24) is 20.3 Å². The van der Waals surface area contributed by atoms with Crippen LogP contribution in [0.3, 0.4) is 0 Å². The molecule has 1 aromatic carbocycles. The van der Waals surface area contributed by atoms with E-state index < -0.39 is 0 Å². The second-order valence-electron chi connectivity index (χ2n) is 7.09. The van der Waals surface area contributed by atoms with Crippen LogP contribution in [0.25, 0.3) is 11.3 Å². The molecule has 0 aliphatic heterocycles. The van der Waals surface area contributed by atoms with Gasteiger partial charge in [-0.1, -0.05) is 18.2 Å². The number of carbonyl (C=O) groups excluding carboxylic acids is 1. The molecule has 28 heavy (non-hydrogen) atoms. The lowest BCUT2D eigenvalue weighted by Crippen LogP contribution is -2.34. The number of aryl methyl sites for hydroxylation is 1. The number of anilines is 1. The van der Waals surface area contributed by atoms with Crippen molar-refractivity contribution in [3.8, 4) is 11.3 Å². The van der Waals surface area contributed by atoms with Crippen LogP contribution >= 0.6 is 0 Å². The van der Waals surface area contributed by atoms with Gasteiger partial charge in [-0.3, -0.25) is 9.78 Å². The number of aromatic nitrogens is 3. The maximum atomic E-state index is 12.7. The topological polar surface area (TPSA) is 71.0 Å². The Bertz CT molecular complexity index is 970. The summed E-state index contributed by atoms with van der Waals surface area (Å²) in [5.41, 5.74) is 4.22. The molecule has 1 amide bonds. The molecule has 3 rings (SSSR count). The molecule has 0 aliphatic rings. The highest BCUT2D eigenvalue weighted by atomic mass is 16.1. The van der Waals surface area contributed by atoms with E-state index in [0.717, 1.165) is 28.5 Å². The molecule has 2 heterocycles. The summed E-state index contributed by atoms with van der Waals surface area (Å²) < 4.78 is 0. The molecule has 3 aromatic rings. The number of amides is 1. The smallest absolute Gasteiger partial charge is 0.251 e. The minimum Gasteiger partial charge on any atom is -0.363 e. The Hall–Kier alpha value is -3.28. The summed E-state index contributed by atoms with van der Waals surface area (Å²) in [6, 6.07) is 15.3. The van der Waals surface area contributed by atoms with E-state index in [2.05, 4.69) is 20.3 Å². The first kappa shape index (κ1) is 19.5. The Morgan fingerprint density at radius 3 is 2.64 bits per heavy atom. The third kappa shape index (κ3) is 4.91. The molecule has 0 radical (unpaired) electrons. The standard InChI is InChI=1S/C22H25N5O/c1-15-7-5-10-19(25-15)11-16(2)26-22(28)18-9-6-8-17(12-18)20-13-21(27(3)4)24-14-23-20/h5-10,12-14,16H,11H2,1-4H3,(H,26,28)/t16-/m0/s1. The molecule has 0 aliphatic carbocycles. The molecule has 0 bridgehead atoms. The Morgan fingerprint density at radius 1 is 1.11 bits per heavy atom. The van der Waals surface area contributed by atoms with Crippen molar-refractivity contribution in [3.05, 3.63) is 71.8 Å². The van der Waals surface area contributed by atoms with Gasteiger partial charge >= 0.3 is 0 Å². The van der Waals surface area contributed by atoms with Crippen LogP contribution in [0.1, 0.15) is 28.7 Å². The van der Waals surface area contributed by atoms with E-state index in [-0.39, 0.29) is 11.9 Å². The molecule has 144 valence electrons. The van der Waals surface area contributed by atoms with Gasteiger partial charge in [0.1, 0.15) is 12.1 Å². The molecular formula is C22H25N5O. The van der Waals surface area contributed by atoms with Crippen molar-refractivity contribution in [3.63, 3.8) is 0 Å². The Morgan fingerprint density at radius 2 is 1.89 bits per heavy atom. The summed E-state index contributed by atoms with van der Waals surface area (Å²) in [5.74, 6) is 0.711. The van der Waals surface area contributed by atoms with E-state index in [1.54, 1.807) is 0 Å². The first-order chi connectivity index (χ1) is 13.4. The molecule has 0 unspecified atom stereocenters. The number of rotatable bonds is 6. The number of benzene rings is 1. The number of hydrogen-bond acceptors (Lipinski definition) is 5. The van der Waals surface area contributed by atoms with Crippen molar-refractivity contribution in [2.24, 2.45) is 0 Å². The fourth-order valence-corrected chi connectivity index (χ4v) is 2.95. The van der Waals surface area contributed by atoms with Gasteiger partial charge in [0.05, 0.1) is 5.69 Å². The van der Waals surface area contributed by atoms with Gasteiger partial charge in [-0.05, 0) is 38.1 Å². The van der Waals surface area contributed by atoms with E-state index in [9.17, 15) is 4.79 Å². The maximum Gasteiger partial charge on any atom is 0.251 e. The monoisotopic (exact) mass is 375 g/mol. The predicted octanol–water partition coefficient (Wildman–Crippen LogP) is 3.27. The van der Waals surface area contributed by atoms with Gasteiger partial charge in [-0.25, -0.2) is 9.97 Å². The quantitative estimate of drug-likeness (QED) is 0.716. The van der Waals surface area contributed by atoms with Gasteiger partial charge in [0.2, 0.25) is 0 Å². The van der Waals surface area contributed by atoms with Crippen LogP contribution in [0.4, 0.5) is 5.82 Å². The highest BCUT2D eigenvalue weighted by Crippen LogP contribution is 2.21. The number of carbonyl (C=O) groups is 1. The van der Waals surface area contributed by atoms with Gasteiger partial charge in [-0.15, -0.1) is 0 Å². The molecule has 1 N–H and O–H groups in total. The van der Waals surface area contributed by atoms with Gasteiger partial charge in [0.25, 0.3) is 5.91 Å². The van der Waals surface area contributed by atoms with Gasteiger partial charge in [-0.2, -0.15) is 0 Å². The average Bonchev–Trinajstić information content (AvgIpc) is 2.68. The lowest BCUT2D eigenvalue weighted by atomic mass is 10.1. The van der Waals surface area contributed by atoms with Crippen molar-refractivity contribution in [1.29, 1.82) is 0 Å². The summed E-state index contributed by atoms with van der Waals surface area (Å²) >= 11 is 0. The van der Waals surface area contributed by atoms with E-state index in [0.29, 0.717) is 12.0 Å². The molecule has 2 aromatic heterocycles. The third-order valence-corrected chi connectivity index (χ3v) is 4.37. The lowest BCUT2D eigenvalue weighted by molar-refractivity contribution is 0.0940. The Kier molecular flexibility index (Phi) is 5.99. The lowest BCUT2D eigenvalue weighted by Gasteiger charge is -2.15. The fourth-order valence-electron chi connectivity index (χ4n) is 2.95. The van der Waals surface area contributed by atoms with Crippen molar-refractivity contribution in [2.75, 3.05) is 19.0 Å². The van der Waals surface area contributed by atoms with Crippen LogP contribution in [-0.2, 0) is 6.42 Å². The van der Waals surface area contributed by atoms with Crippen LogP contribution in [-0.4, -0.2) is 41.0 Å². The number of nitrogens with zero attached hydrogens (tertiary/aromatic N) is 4. The Labute approximate surface area is 165 Å². The van der Waals surface area contributed by atoms with E-state index in [1.165, 1.54) is 6.33 Å². The zero-order valence-corrected chi connectivity index (χ0v) is 16.7. The van der Waals surface area contributed by atoms with E-state index in [4.69, 9.17) is 0 Å². The van der Waals surface area contributed by atoms with Gasteiger partial charge < -0.3 is 10.2 Å². The zero-order chi connectivity index (χ0) is 20.1. The predicted molar refractivity (Wildman–Crippen MR) is 111 cm³/mol. The molecule has 0 spiro atoms. The molecule has 0 fully saturated rings. The largest absolute Gasteiger partial charge is 0.363 e. The highest BCUT2D eigenvalue weighted by Gasteiger charge is 2.13. The summed E-state index contributed by atoms with van der Waals surface area (Å²) in [6.07, 6.45) is 2.22. The Balaban J connectivity index is 1.72. The van der Waals surface area contributed by atoms with Crippen LogP contribution in [0.2, 0.25) is 0 Å². The molecule has 1 atom stereocenters. The first-order valence-electron chi connectivity index (χ1n) is 9.25. The molecular weight excluding hydrogens is 350 g/mol. The maximum absolute atomic E-state index is 12.7. The highest BCUT2D eigenvalue weighted by molar-refractivity contribution is 5.95. The first-order valence-corrected chi connectivity index (χ1v) is 9.25. The van der Waals surface area contributed by atoms with Gasteiger partial charge in [0, 0.05) is 55.1 Å². The zero-order valence-electron chi connectivity index (χ0n) is 16.7. The molecule has 0 saturated carbocycles. The van der Waals surface area contributed by atoms with E-state index in [1.807, 2.05) is 81.4 Å². The summed E-state index contributed by atoms with van der Waals surface area (Å²) in [5, 5.41) is 3.05. The number of pyridine rings is 1. The minimum atomic E-state index is -0.108. The normalized spacial score (nSPS) is 11.7. The van der Waals surface area contributed by atoms with Crippen molar-refractivity contribution >= 4 is 11.7 Å². The molecule has 6 nitrogen and oxygen atoms in total. The van der Waals surface area contributed by atoms with Crippen molar-refractivity contribution in [2.45, 2.75) is 26.3 Å². The second-order valence-corrected chi connectivity index (χ2v) is 7.09. The summed E-state index contributed by atoms with van der Waals surface area (Å²) in [6.45, 7) is 3.95. The minimum absolute atomic E-state index is 0.0233.